The lowest BCUT2D eigenvalue weighted by molar-refractivity contribution is 0.0948. The molecule has 0 saturated heterocycles. The van der Waals surface area contributed by atoms with E-state index in [1.165, 1.54) is 0 Å². The number of methoxy groups -OCH3 is 1. The Morgan fingerprint density at radius 1 is 0.968 bits per heavy atom. The van der Waals surface area contributed by atoms with E-state index in [0.29, 0.717) is 24.5 Å². The van der Waals surface area contributed by atoms with E-state index >= 15 is 0 Å². The predicted molar refractivity (Wildman–Crippen MR) is 123 cm³/mol. The van der Waals surface area contributed by atoms with Crippen molar-refractivity contribution in [1.29, 1.82) is 0 Å². The topological polar surface area (TPSA) is 60.5 Å². The highest BCUT2D eigenvalue weighted by molar-refractivity contribution is 5.99. The summed E-state index contributed by atoms with van der Waals surface area (Å²) in [6.45, 7) is 3.01. The molecule has 0 radical (unpaired) electrons. The van der Waals surface area contributed by atoms with Gasteiger partial charge in [-0.2, -0.15) is 0 Å². The van der Waals surface area contributed by atoms with Gasteiger partial charge in [0.25, 0.3) is 5.91 Å². The van der Waals surface area contributed by atoms with Crippen molar-refractivity contribution in [1.82, 2.24) is 10.3 Å². The number of ether oxygens (including phenoxy) is 2. The van der Waals surface area contributed by atoms with E-state index in [9.17, 15) is 4.79 Å². The number of para-hydroxylation sites is 1. The predicted octanol–water partition coefficient (Wildman–Crippen LogP) is 5.24. The minimum atomic E-state index is -0.176. The molecule has 0 spiro atoms. The number of aromatic nitrogens is 1. The molecule has 5 heteroatoms. The van der Waals surface area contributed by atoms with Crippen LogP contribution in [0.5, 0.6) is 11.5 Å². The fourth-order valence-corrected chi connectivity index (χ4v) is 3.65. The van der Waals surface area contributed by atoms with E-state index in [0.717, 1.165) is 33.2 Å². The number of rotatable bonds is 7. The van der Waals surface area contributed by atoms with Crippen LogP contribution in [-0.4, -0.2) is 24.6 Å². The summed E-state index contributed by atoms with van der Waals surface area (Å²) in [6.07, 6.45) is 3.63. The molecule has 4 aromatic rings. The maximum Gasteiger partial charge on any atom is 0.255 e. The molecule has 0 atom stereocenters. The van der Waals surface area contributed by atoms with Gasteiger partial charge >= 0.3 is 0 Å². The summed E-state index contributed by atoms with van der Waals surface area (Å²) in [4.78, 5) is 17.0. The zero-order chi connectivity index (χ0) is 21.6. The van der Waals surface area contributed by atoms with Crippen LogP contribution >= 0.6 is 0 Å². The third-order valence-electron chi connectivity index (χ3n) is 5.18. The minimum Gasteiger partial charge on any atom is -0.496 e. The Morgan fingerprint density at radius 2 is 1.77 bits per heavy atom. The van der Waals surface area contributed by atoms with Crippen molar-refractivity contribution in [2.75, 3.05) is 13.7 Å². The summed E-state index contributed by atoms with van der Waals surface area (Å²) >= 11 is 0. The summed E-state index contributed by atoms with van der Waals surface area (Å²) < 4.78 is 10.8. The number of carbonyl (C=O) groups is 1. The van der Waals surface area contributed by atoms with Crippen molar-refractivity contribution in [3.05, 3.63) is 90.3 Å². The molecule has 0 unspecified atom stereocenters. The lowest BCUT2D eigenvalue weighted by Crippen LogP contribution is -2.23. The molecule has 156 valence electrons. The molecular formula is C26H24N2O3. The number of amides is 1. The van der Waals surface area contributed by atoms with Gasteiger partial charge in [0.15, 0.2) is 0 Å². The summed E-state index contributed by atoms with van der Waals surface area (Å²) in [5, 5.41) is 5.09. The molecule has 1 N–H and O–H groups in total. The van der Waals surface area contributed by atoms with Crippen LogP contribution in [0.25, 0.3) is 21.9 Å². The van der Waals surface area contributed by atoms with E-state index in [-0.39, 0.29) is 5.91 Å². The number of benzene rings is 3. The van der Waals surface area contributed by atoms with Crippen molar-refractivity contribution < 1.29 is 14.3 Å². The Balaban J connectivity index is 1.61. The van der Waals surface area contributed by atoms with Gasteiger partial charge in [-0.3, -0.25) is 9.78 Å². The number of fused-ring (bicyclic) bond motifs is 1. The number of nitrogens with one attached hydrogen (secondary N) is 1. The van der Waals surface area contributed by atoms with E-state index in [2.05, 4.69) is 28.5 Å². The van der Waals surface area contributed by atoms with Crippen LogP contribution in [0.3, 0.4) is 0 Å². The van der Waals surface area contributed by atoms with Crippen molar-refractivity contribution >= 4 is 16.7 Å². The lowest BCUT2D eigenvalue weighted by atomic mass is 9.96. The average molecular weight is 412 g/mol. The van der Waals surface area contributed by atoms with Gasteiger partial charge in [0, 0.05) is 24.3 Å². The fourth-order valence-electron chi connectivity index (χ4n) is 3.65. The quantitative estimate of drug-likeness (QED) is 0.451. The first-order chi connectivity index (χ1) is 15.2. The number of hydrogen-bond donors (Lipinski definition) is 1. The van der Waals surface area contributed by atoms with Gasteiger partial charge in [-0.1, -0.05) is 36.4 Å². The summed E-state index contributed by atoms with van der Waals surface area (Å²) in [5.41, 5.74) is 3.73. The second kappa shape index (κ2) is 9.30. The minimum absolute atomic E-state index is 0.176. The SMILES string of the molecule is CCOc1ccc(-c2ccc(CNC(=O)c3ccccc3OC)c3cnccc23)cc1. The maximum absolute atomic E-state index is 12.7. The van der Waals surface area contributed by atoms with E-state index in [4.69, 9.17) is 9.47 Å². The average Bonchev–Trinajstić information content (AvgIpc) is 2.83. The summed E-state index contributed by atoms with van der Waals surface area (Å²) in [6, 6.07) is 21.4. The largest absolute Gasteiger partial charge is 0.496 e. The van der Waals surface area contributed by atoms with Crippen molar-refractivity contribution in [2.24, 2.45) is 0 Å². The molecule has 31 heavy (non-hydrogen) atoms. The number of nitrogens with zero attached hydrogens (tertiary/aromatic N) is 1. The molecule has 0 aliphatic carbocycles. The van der Waals surface area contributed by atoms with Crippen LogP contribution in [0.4, 0.5) is 0 Å². The molecule has 1 amide bonds. The summed E-state index contributed by atoms with van der Waals surface area (Å²) in [7, 11) is 1.56. The van der Waals surface area contributed by atoms with Crippen LogP contribution in [0.15, 0.2) is 79.1 Å². The highest BCUT2D eigenvalue weighted by Crippen LogP contribution is 2.31. The maximum atomic E-state index is 12.7. The standard InChI is InChI=1S/C26H24N2O3/c1-3-31-20-11-8-18(9-12-20)21-13-10-19(24-17-27-15-14-22(21)24)16-28-26(29)23-6-4-5-7-25(23)30-2/h4-15,17H,3,16H2,1-2H3,(H,28,29). The highest BCUT2D eigenvalue weighted by Gasteiger charge is 2.13. The molecule has 5 nitrogen and oxygen atoms in total. The monoisotopic (exact) mass is 412 g/mol. The van der Waals surface area contributed by atoms with Gasteiger partial charge in [-0.25, -0.2) is 0 Å². The molecule has 0 saturated carbocycles. The van der Waals surface area contributed by atoms with Gasteiger partial charge in [-0.15, -0.1) is 0 Å². The molecule has 1 heterocycles. The molecule has 0 aliphatic heterocycles. The van der Waals surface area contributed by atoms with Crippen molar-refractivity contribution in [3.63, 3.8) is 0 Å². The van der Waals surface area contributed by atoms with Crippen LogP contribution in [0, 0.1) is 0 Å². The summed E-state index contributed by atoms with van der Waals surface area (Å²) in [5.74, 6) is 1.23. The normalized spacial score (nSPS) is 10.6. The number of pyridine rings is 1. The van der Waals surface area contributed by atoms with E-state index < -0.39 is 0 Å². The Kier molecular flexibility index (Phi) is 6.13. The first-order valence-electron chi connectivity index (χ1n) is 10.2. The van der Waals surface area contributed by atoms with Gasteiger partial charge < -0.3 is 14.8 Å². The Bertz CT molecular complexity index is 1200. The van der Waals surface area contributed by atoms with Gasteiger partial charge in [0.1, 0.15) is 11.5 Å². The number of hydrogen-bond acceptors (Lipinski definition) is 4. The molecule has 3 aromatic carbocycles. The molecule has 0 aliphatic rings. The van der Waals surface area contributed by atoms with E-state index in [1.807, 2.05) is 49.5 Å². The molecule has 0 fully saturated rings. The number of carbonyl (C=O) groups excluding carboxylic acids is 1. The third-order valence-corrected chi connectivity index (χ3v) is 5.18. The molecule has 1 aromatic heterocycles. The Hall–Kier alpha value is -3.86. The van der Waals surface area contributed by atoms with Gasteiger partial charge in [0.05, 0.1) is 19.3 Å². The smallest absolute Gasteiger partial charge is 0.255 e. The highest BCUT2D eigenvalue weighted by atomic mass is 16.5. The van der Waals surface area contributed by atoms with Gasteiger partial charge in [-0.05, 0) is 59.3 Å². The molecule has 0 bridgehead atoms. The van der Waals surface area contributed by atoms with Crippen LogP contribution in [0.2, 0.25) is 0 Å². The lowest BCUT2D eigenvalue weighted by Gasteiger charge is -2.13. The Labute approximate surface area is 181 Å². The first-order valence-corrected chi connectivity index (χ1v) is 10.2. The van der Waals surface area contributed by atoms with Gasteiger partial charge in [0.2, 0.25) is 0 Å². The fraction of sp³-hybridized carbons (Fsp3) is 0.154. The zero-order valence-corrected chi connectivity index (χ0v) is 17.6. The Morgan fingerprint density at radius 3 is 2.55 bits per heavy atom. The van der Waals surface area contributed by atoms with Crippen molar-refractivity contribution in [2.45, 2.75) is 13.5 Å². The second-order valence-corrected chi connectivity index (χ2v) is 7.03. The van der Waals surface area contributed by atoms with Crippen LogP contribution < -0.4 is 14.8 Å². The van der Waals surface area contributed by atoms with Crippen LogP contribution in [-0.2, 0) is 6.54 Å². The molecule has 4 rings (SSSR count). The second-order valence-electron chi connectivity index (χ2n) is 7.03. The van der Waals surface area contributed by atoms with Crippen molar-refractivity contribution in [3.8, 4) is 22.6 Å². The first kappa shape index (κ1) is 20.4. The molecular weight excluding hydrogens is 388 g/mol. The zero-order valence-electron chi connectivity index (χ0n) is 17.6. The van der Waals surface area contributed by atoms with E-state index in [1.54, 1.807) is 25.4 Å². The third kappa shape index (κ3) is 4.36. The van der Waals surface area contributed by atoms with Crippen LogP contribution in [0.1, 0.15) is 22.8 Å².